The highest BCUT2D eigenvalue weighted by atomic mass is 32.2. The molecule has 3 rings (SSSR count). The van der Waals surface area contributed by atoms with E-state index < -0.39 is 22.0 Å². The zero-order chi connectivity index (χ0) is 22.3. The van der Waals surface area contributed by atoms with Crippen molar-refractivity contribution in [3.63, 3.8) is 0 Å². The predicted octanol–water partition coefficient (Wildman–Crippen LogP) is 3.45. The molecule has 6 nitrogen and oxygen atoms in total. The van der Waals surface area contributed by atoms with Crippen molar-refractivity contribution in [3.8, 4) is 5.75 Å². The molecule has 3 aromatic carbocycles. The highest BCUT2D eigenvalue weighted by molar-refractivity contribution is 7.89. The average molecular weight is 440 g/mol. The molecule has 162 valence electrons. The molecule has 0 aliphatic carbocycles. The minimum absolute atomic E-state index is 0.0457. The Hall–Kier alpha value is -3.16. The van der Waals surface area contributed by atoms with Crippen LogP contribution in [-0.2, 0) is 34.1 Å². The van der Waals surface area contributed by atoms with Crippen molar-refractivity contribution >= 4 is 16.0 Å². The Morgan fingerprint density at radius 1 is 0.935 bits per heavy atom. The van der Waals surface area contributed by atoms with E-state index in [1.807, 2.05) is 36.4 Å². The number of aryl methyl sites for hydroxylation is 2. The van der Waals surface area contributed by atoms with E-state index in [0.717, 1.165) is 22.4 Å². The number of carboxylic acid groups (broad SMARTS) is 1. The van der Waals surface area contributed by atoms with E-state index in [-0.39, 0.29) is 11.3 Å². The van der Waals surface area contributed by atoms with Crippen LogP contribution in [0, 0.1) is 0 Å². The molecule has 0 amide bonds. The maximum Gasteiger partial charge on any atom is 0.322 e. The first kappa shape index (κ1) is 22.5. The lowest BCUT2D eigenvalue weighted by Crippen LogP contribution is -2.42. The van der Waals surface area contributed by atoms with Crippen molar-refractivity contribution in [1.82, 2.24) is 4.72 Å². The summed E-state index contributed by atoms with van der Waals surface area (Å²) in [5, 5.41) is 9.52. The second-order valence-corrected chi connectivity index (χ2v) is 8.88. The van der Waals surface area contributed by atoms with Crippen molar-refractivity contribution in [3.05, 3.63) is 95.6 Å². The van der Waals surface area contributed by atoms with E-state index >= 15 is 0 Å². The van der Waals surface area contributed by atoms with Gasteiger partial charge in [0.05, 0.1) is 12.0 Å². The van der Waals surface area contributed by atoms with Gasteiger partial charge in [0, 0.05) is 0 Å². The van der Waals surface area contributed by atoms with Crippen LogP contribution >= 0.6 is 0 Å². The van der Waals surface area contributed by atoms with E-state index in [9.17, 15) is 18.3 Å². The summed E-state index contributed by atoms with van der Waals surface area (Å²) in [7, 11) is -2.38. The zero-order valence-corrected chi connectivity index (χ0v) is 18.0. The molecular formula is C24H25NO5S. The van der Waals surface area contributed by atoms with Crippen LogP contribution < -0.4 is 9.46 Å². The first-order chi connectivity index (χ1) is 14.9. The van der Waals surface area contributed by atoms with E-state index in [1.54, 1.807) is 43.5 Å². The van der Waals surface area contributed by atoms with Gasteiger partial charge in [-0.15, -0.1) is 0 Å². The fourth-order valence-corrected chi connectivity index (χ4v) is 4.60. The zero-order valence-electron chi connectivity index (χ0n) is 17.2. The maximum atomic E-state index is 12.9. The van der Waals surface area contributed by atoms with Crippen LogP contribution in [0.15, 0.2) is 83.8 Å². The second kappa shape index (κ2) is 10.2. The molecular weight excluding hydrogens is 414 g/mol. The number of ether oxygens (including phenoxy) is 1. The summed E-state index contributed by atoms with van der Waals surface area (Å²) in [6, 6.07) is 21.9. The lowest BCUT2D eigenvalue weighted by molar-refractivity contribution is -0.138. The number of carboxylic acids is 1. The lowest BCUT2D eigenvalue weighted by atomic mass is 10.0. The van der Waals surface area contributed by atoms with Crippen molar-refractivity contribution in [2.24, 2.45) is 0 Å². The van der Waals surface area contributed by atoms with Crippen molar-refractivity contribution in [2.45, 2.75) is 30.2 Å². The summed E-state index contributed by atoms with van der Waals surface area (Å²) in [5.74, 6) is -0.432. The Balaban J connectivity index is 1.74. The average Bonchev–Trinajstić information content (AvgIpc) is 2.78. The van der Waals surface area contributed by atoms with Crippen LogP contribution in [-0.4, -0.2) is 32.6 Å². The summed E-state index contributed by atoms with van der Waals surface area (Å²) in [6.07, 6.45) is 1.37. The van der Waals surface area contributed by atoms with Gasteiger partial charge in [-0.1, -0.05) is 60.7 Å². The van der Waals surface area contributed by atoms with Gasteiger partial charge < -0.3 is 9.84 Å². The van der Waals surface area contributed by atoms with Crippen LogP contribution in [0.1, 0.15) is 16.7 Å². The Labute approximate surface area is 182 Å². The molecule has 7 heteroatoms. The minimum Gasteiger partial charge on any atom is -0.496 e. The van der Waals surface area contributed by atoms with Crippen LogP contribution in [0.25, 0.3) is 0 Å². The predicted molar refractivity (Wildman–Crippen MR) is 119 cm³/mol. The number of hydrogen-bond acceptors (Lipinski definition) is 4. The molecule has 0 spiro atoms. The van der Waals surface area contributed by atoms with E-state index in [4.69, 9.17) is 4.74 Å². The molecule has 0 saturated heterocycles. The first-order valence-electron chi connectivity index (χ1n) is 9.89. The molecule has 0 saturated carbocycles. The molecule has 31 heavy (non-hydrogen) atoms. The molecule has 1 atom stereocenters. The number of methoxy groups -OCH3 is 1. The van der Waals surface area contributed by atoms with Crippen LogP contribution in [0.4, 0.5) is 0 Å². The van der Waals surface area contributed by atoms with E-state index in [2.05, 4.69) is 4.72 Å². The molecule has 3 aromatic rings. The SMILES string of the molecule is COc1ccccc1CCc1cccc(S(=O)(=O)N[C@@H](Cc2ccccc2)C(=O)O)c1. The van der Waals surface area contributed by atoms with Crippen molar-refractivity contribution in [2.75, 3.05) is 7.11 Å². The standard InChI is InChI=1S/C24H25NO5S/c1-30-23-13-6-5-11-20(23)15-14-19-10-7-12-21(16-19)31(28,29)25-22(24(26)27)17-18-8-3-2-4-9-18/h2-13,16,22,25H,14-15,17H2,1H3,(H,26,27)/t22-/m0/s1. The maximum absolute atomic E-state index is 12.9. The van der Waals surface area contributed by atoms with Gasteiger partial charge in [-0.25, -0.2) is 8.42 Å². The number of aliphatic carboxylic acids is 1. The quantitative estimate of drug-likeness (QED) is 0.505. The van der Waals surface area contributed by atoms with Crippen LogP contribution in [0.3, 0.4) is 0 Å². The van der Waals surface area contributed by atoms with Crippen LogP contribution in [0.2, 0.25) is 0 Å². The van der Waals surface area contributed by atoms with E-state index in [1.165, 1.54) is 6.07 Å². The molecule has 0 aromatic heterocycles. The van der Waals surface area contributed by atoms with Gasteiger partial charge in [-0.05, 0) is 54.2 Å². The summed E-state index contributed by atoms with van der Waals surface area (Å²) in [4.78, 5) is 11.7. The molecule has 2 N–H and O–H groups in total. The van der Waals surface area contributed by atoms with Gasteiger partial charge >= 0.3 is 5.97 Å². The van der Waals surface area contributed by atoms with Crippen molar-refractivity contribution < 1.29 is 23.1 Å². The van der Waals surface area contributed by atoms with E-state index in [0.29, 0.717) is 12.8 Å². The van der Waals surface area contributed by atoms with Gasteiger partial charge in [0.15, 0.2) is 0 Å². The minimum atomic E-state index is -4.00. The second-order valence-electron chi connectivity index (χ2n) is 7.16. The molecule has 0 aliphatic heterocycles. The summed E-state index contributed by atoms with van der Waals surface area (Å²) in [5.41, 5.74) is 2.61. The Morgan fingerprint density at radius 3 is 2.32 bits per heavy atom. The number of para-hydroxylation sites is 1. The summed E-state index contributed by atoms with van der Waals surface area (Å²) in [6.45, 7) is 0. The normalized spacial score (nSPS) is 12.3. The number of nitrogens with one attached hydrogen (secondary N) is 1. The summed E-state index contributed by atoms with van der Waals surface area (Å²) >= 11 is 0. The van der Waals surface area contributed by atoms with Gasteiger partial charge in [0.25, 0.3) is 0 Å². The van der Waals surface area contributed by atoms with Gasteiger partial charge in [-0.2, -0.15) is 4.72 Å². The Bertz CT molecular complexity index is 1130. The Morgan fingerprint density at radius 2 is 1.61 bits per heavy atom. The lowest BCUT2D eigenvalue weighted by Gasteiger charge is -2.15. The van der Waals surface area contributed by atoms with Gasteiger partial charge in [0.1, 0.15) is 11.8 Å². The molecule has 0 fully saturated rings. The molecule has 0 unspecified atom stereocenters. The van der Waals surface area contributed by atoms with Gasteiger partial charge in [-0.3, -0.25) is 4.79 Å². The number of rotatable bonds is 10. The third-order valence-corrected chi connectivity index (χ3v) is 6.43. The number of benzene rings is 3. The monoisotopic (exact) mass is 439 g/mol. The smallest absolute Gasteiger partial charge is 0.322 e. The third-order valence-electron chi connectivity index (χ3n) is 4.96. The number of carbonyl (C=O) groups is 1. The molecule has 0 bridgehead atoms. The van der Waals surface area contributed by atoms with Crippen LogP contribution in [0.5, 0.6) is 5.75 Å². The largest absolute Gasteiger partial charge is 0.496 e. The molecule has 0 radical (unpaired) electrons. The highest BCUT2D eigenvalue weighted by Crippen LogP contribution is 2.20. The fraction of sp³-hybridized carbons (Fsp3) is 0.208. The van der Waals surface area contributed by atoms with Crippen molar-refractivity contribution in [1.29, 1.82) is 0 Å². The third kappa shape index (κ3) is 6.16. The Kier molecular flexibility index (Phi) is 7.44. The molecule has 0 heterocycles. The number of hydrogen-bond donors (Lipinski definition) is 2. The fourth-order valence-electron chi connectivity index (χ4n) is 3.34. The topological polar surface area (TPSA) is 92.7 Å². The first-order valence-corrected chi connectivity index (χ1v) is 11.4. The molecule has 0 aliphatic rings. The van der Waals surface area contributed by atoms with Gasteiger partial charge in [0.2, 0.25) is 10.0 Å². The number of sulfonamides is 1. The summed E-state index contributed by atoms with van der Waals surface area (Å²) < 4.78 is 33.4. The highest BCUT2D eigenvalue weighted by Gasteiger charge is 2.25.